The van der Waals surface area contributed by atoms with Crippen molar-refractivity contribution in [2.24, 2.45) is 16.7 Å². The zero-order valence-electron chi connectivity index (χ0n) is 17.4. The smallest absolute Gasteiger partial charge is 0.328 e. The maximum atomic E-state index is 13.7. The predicted molar refractivity (Wildman–Crippen MR) is 99.6 cm³/mol. The van der Waals surface area contributed by atoms with Crippen molar-refractivity contribution in [3.05, 3.63) is 0 Å². The second kappa shape index (κ2) is 6.71. The quantitative estimate of drug-likeness (QED) is 0.763. The van der Waals surface area contributed by atoms with Crippen LogP contribution in [0, 0.1) is 16.7 Å². The van der Waals surface area contributed by atoms with Gasteiger partial charge < -0.3 is 19.9 Å². The molecule has 3 rings (SSSR count). The van der Waals surface area contributed by atoms with Crippen LogP contribution >= 0.6 is 0 Å². The summed E-state index contributed by atoms with van der Waals surface area (Å²) in [6.45, 7) is 12.3. The Hall–Kier alpha value is -1.18. The molecule has 0 aromatic heterocycles. The van der Waals surface area contributed by atoms with Gasteiger partial charge in [-0.2, -0.15) is 0 Å². The number of aliphatic hydroxyl groups is 1. The highest BCUT2D eigenvalue weighted by molar-refractivity contribution is 6.00. The summed E-state index contributed by atoms with van der Waals surface area (Å²) in [5.74, 6) is 0.0475. The first kappa shape index (κ1) is 20.6. The van der Waals surface area contributed by atoms with Gasteiger partial charge in [0.15, 0.2) is 12.5 Å². The average molecular weight is 383 g/mol. The lowest BCUT2D eigenvalue weighted by Crippen LogP contribution is -2.56. The minimum atomic E-state index is -1.35. The van der Waals surface area contributed by atoms with Crippen LogP contribution in [0.15, 0.2) is 0 Å². The first-order valence-electron chi connectivity index (χ1n) is 10.1. The second-order valence-corrected chi connectivity index (χ2v) is 9.71. The lowest BCUT2D eigenvalue weighted by atomic mass is 9.67. The van der Waals surface area contributed by atoms with E-state index in [-0.39, 0.29) is 17.4 Å². The average Bonchev–Trinajstić information content (AvgIpc) is 3.06. The molecule has 1 heterocycles. The molecule has 1 aliphatic heterocycles. The Morgan fingerprint density at radius 2 is 2.04 bits per heavy atom. The maximum absolute atomic E-state index is 13.7. The molecule has 0 aromatic rings. The summed E-state index contributed by atoms with van der Waals surface area (Å²) in [4.78, 5) is 27.3. The van der Waals surface area contributed by atoms with E-state index in [2.05, 4.69) is 19.2 Å². The van der Waals surface area contributed by atoms with Gasteiger partial charge in [0.1, 0.15) is 0 Å². The maximum Gasteiger partial charge on any atom is 0.328 e. The first-order chi connectivity index (χ1) is 12.5. The van der Waals surface area contributed by atoms with E-state index in [0.717, 1.165) is 24.2 Å². The van der Waals surface area contributed by atoms with Crippen LogP contribution in [0.2, 0.25) is 0 Å². The number of nitrogens with zero attached hydrogens (tertiary/aromatic N) is 1. The van der Waals surface area contributed by atoms with E-state index in [1.54, 1.807) is 0 Å². The lowest BCUT2D eigenvalue weighted by Gasteiger charge is -2.42. The van der Waals surface area contributed by atoms with Crippen molar-refractivity contribution in [2.75, 3.05) is 6.61 Å². The van der Waals surface area contributed by atoms with Crippen molar-refractivity contribution in [1.29, 1.82) is 0 Å². The van der Waals surface area contributed by atoms with E-state index >= 15 is 0 Å². The summed E-state index contributed by atoms with van der Waals surface area (Å²) in [6.07, 6.45) is 0.820. The molecule has 0 spiro atoms. The van der Waals surface area contributed by atoms with Crippen LogP contribution in [-0.4, -0.2) is 52.7 Å². The zero-order valence-corrected chi connectivity index (χ0v) is 17.4. The minimum absolute atomic E-state index is 0.221. The molecule has 2 aliphatic carbocycles. The molecule has 154 valence electrons. The molecule has 27 heavy (non-hydrogen) atoms. The molecule has 7 nitrogen and oxygen atoms in total. The van der Waals surface area contributed by atoms with Crippen molar-refractivity contribution in [2.45, 2.75) is 91.4 Å². The van der Waals surface area contributed by atoms with Gasteiger partial charge in [0.25, 0.3) is 0 Å². The Labute approximate surface area is 161 Å². The van der Waals surface area contributed by atoms with E-state index in [9.17, 15) is 14.7 Å². The van der Waals surface area contributed by atoms with Crippen LogP contribution < -0.4 is 5.32 Å². The molecule has 3 fully saturated rings. The third-order valence-corrected chi connectivity index (χ3v) is 6.73. The van der Waals surface area contributed by atoms with Gasteiger partial charge in [-0.3, -0.25) is 4.79 Å². The third-order valence-electron chi connectivity index (χ3n) is 6.73. The van der Waals surface area contributed by atoms with Gasteiger partial charge in [0, 0.05) is 6.61 Å². The number of ether oxygens (including phenoxy) is 2. The Balaban J connectivity index is 1.89. The van der Waals surface area contributed by atoms with Gasteiger partial charge >= 0.3 is 6.03 Å². The molecule has 5 atom stereocenters. The number of imide groups is 1. The van der Waals surface area contributed by atoms with Gasteiger partial charge in [0.05, 0.1) is 17.1 Å². The molecule has 0 unspecified atom stereocenters. The number of carbonyl (C=O) groups excluding carboxylic acids is 2. The molecule has 2 bridgehead atoms. The third kappa shape index (κ3) is 3.08. The van der Waals surface area contributed by atoms with Crippen molar-refractivity contribution in [1.82, 2.24) is 10.2 Å². The molecule has 1 saturated heterocycles. The summed E-state index contributed by atoms with van der Waals surface area (Å²) in [7, 11) is 0. The van der Waals surface area contributed by atoms with Crippen molar-refractivity contribution >= 4 is 11.9 Å². The summed E-state index contributed by atoms with van der Waals surface area (Å²) < 4.78 is 11.8. The number of fused-ring (bicyclic) bond motifs is 2. The Bertz CT molecular complexity index is 614. The fourth-order valence-corrected chi connectivity index (χ4v) is 5.31. The largest absolute Gasteiger partial charge is 0.377 e. The number of carbonyl (C=O) groups is 2. The summed E-state index contributed by atoms with van der Waals surface area (Å²) in [6, 6.07) is -0.600. The second-order valence-electron chi connectivity index (χ2n) is 9.71. The van der Waals surface area contributed by atoms with Gasteiger partial charge in [-0.05, 0) is 57.8 Å². The summed E-state index contributed by atoms with van der Waals surface area (Å²) in [5.41, 5.74) is -1.64. The highest BCUT2D eigenvalue weighted by atomic mass is 16.5. The van der Waals surface area contributed by atoms with E-state index in [0.29, 0.717) is 18.9 Å². The van der Waals surface area contributed by atoms with Crippen LogP contribution in [0.5, 0.6) is 0 Å². The number of rotatable bonds is 5. The molecule has 0 radical (unpaired) electrons. The molecule has 7 heteroatoms. The van der Waals surface area contributed by atoms with Crippen LogP contribution in [0.1, 0.15) is 67.2 Å². The highest BCUT2D eigenvalue weighted by Crippen LogP contribution is 2.67. The molecule has 0 aromatic carbocycles. The minimum Gasteiger partial charge on any atom is -0.377 e. The van der Waals surface area contributed by atoms with Crippen molar-refractivity contribution < 1.29 is 24.2 Å². The van der Waals surface area contributed by atoms with Crippen LogP contribution in [0.4, 0.5) is 4.79 Å². The molecular formula is C20H34N2O5. The predicted octanol–water partition coefficient (Wildman–Crippen LogP) is 2.62. The highest BCUT2D eigenvalue weighted by Gasteiger charge is 2.70. The Morgan fingerprint density at radius 3 is 2.59 bits per heavy atom. The standard InChI is InChI=1S/C20H34N2O5/c1-7-10-26-13-11-12-8-9-20(13,19(12,5)6)16(24)22-15(23)14(21-17(22)25)27-18(2,3)4/h12-15,23H,7-11H2,1-6H3,(H,21,25)/t12-,13-,14+,15+,20+/m1/s1. The van der Waals surface area contributed by atoms with E-state index in [1.165, 1.54) is 0 Å². The van der Waals surface area contributed by atoms with Gasteiger partial charge in [0.2, 0.25) is 5.91 Å². The fourth-order valence-electron chi connectivity index (χ4n) is 5.31. The lowest BCUT2D eigenvalue weighted by molar-refractivity contribution is -0.172. The van der Waals surface area contributed by atoms with Gasteiger partial charge in [-0.1, -0.05) is 20.8 Å². The van der Waals surface area contributed by atoms with Crippen molar-refractivity contribution in [3.63, 3.8) is 0 Å². The number of hydrogen-bond acceptors (Lipinski definition) is 5. The number of urea groups is 1. The number of aliphatic hydroxyl groups excluding tert-OH is 1. The molecule has 2 saturated carbocycles. The molecule has 2 N–H and O–H groups in total. The molecule has 3 aliphatic rings. The van der Waals surface area contributed by atoms with Crippen LogP contribution in [-0.2, 0) is 14.3 Å². The number of amides is 3. The fraction of sp³-hybridized carbons (Fsp3) is 0.900. The Morgan fingerprint density at radius 1 is 1.37 bits per heavy atom. The molecular weight excluding hydrogens is 348 g/mol. The summed E-state index contributed by atoms with van der Waals surface area (Å²) >= 11 is 0. The van der Waals surface area contributed by atoms with Crippen LogP contribution in [0.3, 0.4) is 0 Å². The summed E-state index contributed by atoms with van der Waals surface area (Å²) in [5, 5.41) is 13.3. The van der Waals surface area contributed by atoms with E-state index < -0.39 is 29.5 Å². The van der Waals surface area contributed by atoms with Crippen LogP contribution in [0.25, 0.3) is 0 Å². The molecule has 3 amide bonds. The first-order valence-corrected chi connectivity index (χ1v) is 10.1. The Kier molecular flexibility index (Phi) is 5.11. The topological polar surface area (TPSA) is 88.1 Å². The zero-order chi connectivity index (χ0) is 20.2. The monoisotopic (exact) mass is 382 g/mol. The van der Waals surface area contributed by atoms with Crippen molar-refractivity contribution in [3.8, 4) is 0 Å². The number of nitrogens with one attached hydrogen (secondary N) is 1. The van der Waals surface area contributed by atoms with E-state index in [4.69, 9.17) is 9.47 Å². The number of hydrogen-bond donors (Lipinski definition) is 2. The van der Waals surface area contributed by atoms with Gasteiger partial charge in [-0.25, -0.2) is 9.69 Å². The SMILES string of the molecule is CCCO[C@@H]1C[C@H]2CC[C@]1(C(=O)N1C(=O)N[C@@H](OC(C)(C)C)[C@@H]1O)C2(C)C. The van der Waals surface area contributed by atoms with E-state index in [1.807, 2.05) is 27.7 Å². The van der Waals surface area contributed by atoms with Gasteiger partial charge in [-0.15, -0.1) is 0 Å². The normalized spacial score (nSPS) is 37.7.